The number of aliphatic hydroxyl groups excluding tert-OH is 1. The van der Waals surface area contributed by atoms with Crippen molar-refractivity contribution in [2.75, 3.05) is 11.9 Å². The summed E-state index contributed by atoms with van der Waals surface area (Å²) < 4.78 is 6.83. The molecule has 3 aromatic rings. The maximum Gasteiger partial charge on any atom is 0.408 e. The number of nitrogens with zero attached hydrogens (tertiary/aromatic N) is 3. The maximum absolute atomic E-state index is 13.4. The fraction of sp³-hybridized carbons (Fsp3) is 0.300. The second-order valence-electron chi connectivity index (χ2n) is 9.54. The third kappa shape index (κ3) is 10.2. The molecule has 6 N–H and O–H groups in total. The number of amides is 4. The Labute approximate surface area is 244 Å². The molecule has 3 rings (SSSR count). The first-order chi connectivity index (χ1) is 20.3. The van der Waals surface area contributed by atoms with Crippen LogP contribution in [0.25, 0.3) is 0 Å². The van der Waals surface area contributed by atoms with Crippen LogP contribution in [0.4, 0.5) is 15.3 Å². The molecular weight excluding hydrogens is 538 g/mol. The number of nitrogens with one attached hydrogen (secondary N) is 3. The summed E-state index contributed by atoms with van der Waals surface area (Å²) in [5.74, 6) is -0.354. The highest BCUT2D eigenvalue weighted by atomic mass is 16.5. The van der Waals surface area contributed by atoms with Gasteiger partial charge in [0, 0.05) is 12.2 Å². The van der Waals surface area contributed by atoms with Gasteiger partial charge in [-0.25, -0.2) is 14.3 Å². The average molecular weight is 576 g/mol. The fourth-order valence-electron chi connectivity index (χ4n) is 4.11. The molecule has 12 nitrogen and oxygen atoms in total. The van der Waals surface area contributed by atoms with Gasteiger partial charge in [-0.15, -0.1) is 5.10 Å². The van der Waals surface area contributed by atoms with Gasteiger partial charge in [0.1, 0.15) is 18.3 Å². The largest absolute Gasteiger partial charge is 0.445 e. The quantitative estimate of drug-likeness (QED) is 0.135. The van der Waals surface area contributed by atoms with E-state index in [1.54, 1.807) is 30.5 Å². The van der Waals surface area contributed by atoms with E-state index in [-0.39, 0.29) is 25.7 Å². The summed E-state index contributed by atoms with van der Waals surface area (Å²) in [5, 5.41) is 26.0. The first kappa shape index (κ1) is 31.6. The summed E-state index contributed by atoms with van der Waals surface area (Å²) in [4.78, 5) is 37.2. The van der Waals surface area contributed by atoms with Gasteiger partial charge in [0.05, 0.1) is 18.8 Å². The number of allylic oxidation sites excluding steroid dienone is 2. The smallest absolute Gasteiger partial charge is 0.408 e. The molecular formula is C30H37N7O5. The Morgan fingerprint density at radius 1 is 1.12 bits per heavy atom. The highest BCUT2D eigenvalue weighted by Gasteiger charge is 2.25. The van der Waals surface area contributed by atoms with Crippen molar-refractivity contribution >= 4 is 23.7 Å². The number of alkyl carbamates (subject to hydrolysis) is 1. The van der Waals surface area contributed by atoms with E-state index < -0.39 is 24.2 Å². The number of benzene rings is 2. The van der Waals surface area contributed by atoms with Crippen molar-refractivity contribution in [2.45, 2.75) is 51.5 Å². The van der Waals surface area contributed by atoms with Gasteiger partial charge in [-0.05, 0) is 49.4 Å². The fourth-order valence-corrected chi connectivity index (χ4v) is 4.11. The first-order valence-corrected chi connectivity index (χ1v) is 13.5. The number of urea groups is 1. The lowest BCUT2D eigenvalue weighted by atomic mass is 10.0. The molecule has 42 heavy (non-hydrogen) atoms. The van der Waals surface area contributed by atoms with Crippen molar-refractivity contribution in [3.63, 3.8) is 0 Å². The Hall–Kier alpha value is -4.97. The summed E-state index contributed by atoms with van der Waals surface area (Å²) in [5.41, 5.74) is 8.43. The molecule has 2 aromatic carbocycles. The summed E-state index contributed by atoms with van der Waals surface area (Å²) in [6, 6.07) is 14.0. The summed E-state index contributed by atoms with van der Waals surface area (Å²) in [7, 11) is 0. The molecule has 4 amide bonds. The summed E-state index contributed by atoms with van der Waals surface area (Å²) >= 11 is 0. The molecule has 0 fully saturated rings. The van der Waals surface area contributed by atoms with Gasteiger partial charge in [0.2, 0.25) is 5.91 Å². The molecule has 1 aromatic heterocycles. The number of rotatable bonds is 15. The normalized spacial score (nSPS) is 12.3. The molecule has 0 bridgehead atoms. The van der Waals surface area contributed by atoms with Gasteiger partial charge < -0.3 is 31.5 Å². The molecule has 222 valence electrons. The molecule has 1 heterocycles. The third-order valence-electron chi connectivity index (χ3n) is 6.24. The maximum atomic E-state index is 13.4. The van der Waals surface area contributed by atoms with Gasteiger partial charge in [-0.3, -0.25) is 4.79 Å². The van der Waals surface area contributed by atoms with Crippen LogP contribution in [-0.2, 0) is 22.7 Å². The molecule has 12 heteroatoms. The zero-order valence-electron chi connectivity index (χ0n) is 23.5. The van der Waals surface area contributed by atoms with Gasteiger partial charge in [0.25, 0.3) is 0 Å². The summed E-state index contributed by atoms with van der Waals surface area (Å²) in [6.45, 7) is 6.17. The number of hydrogen-bond acceptors (Lipinski definition) is 7. The number of carbonyl (C=O) groups excluding carboxylic acids is 3. The average Bonchev–Trinajstić information content (AvgIpc) is 3.46. The van der Waals surface area contributed by atoms with Crippen molar-refractivity contribution in [1.29, 1.82) is 0 Å². The van der Waals surface area contributed by atoms with Gasteiger partial charge >= 0.3 is 12.1 Å². The highest BCUT2D eigenvalue weighted by Crippen LogP contribution is 2.23. The van der Waals surface area contributed by atoms with Crippen molar-refractivity contribution in [3.05, 3.63) is 102 Å². The van der Waals surface area contributed by atoms with Crippen LogP contribution in [0.2, 0.25) is 0 Å². The lowest BCUT2D eigenvalue weighted by molar-refractivity contribution is -0.119. The molecule has 0 saturated carbocycles. The number of aliphatic hydroxyl groups is 1. The van der Waals surface area contributed by atoms with E-state index in [4.69, 9.17) is 10.5 Å². The van der Waals surface area contributed by atoms with Crippen molar-refractivity contribution in [1.82, 2.24) is 25.6 Å². The number of nitrogens with two attached hydrogens (primary N) is 1. The van der Waals surface area contributed by atoms with Gasteiger partial charge in [-0.2, -0.15) is 0 Å². The van der Waals surface area contributed by atoms with Crippen LogP contribution in [0.1, 0.15) is 55.1 Å². The van der Waals surface area contributed by atoms with Crippen molar-refractivity contribution in [2.24, 2.45) is 5.73 Å². The first-order valence-electron chi connectivity index (χ1n) is 13.5. The van der Waals surface area contributed by atoms with Crippen molar-refractivity contribution in [3.8, 4) is 0 Å². The number of primary amides is 1. The van der Waals surface area contributed by atoms with Crippen LogP contribution in [0, 0.1) is 0 Å². The Balaban J connectivity index is 1.78. The molecule has 0 aliphatic heterocycles. The van der Waals surface area contributed by atoms with E-state index in [0.29, 0.717) is 36.2 Å². The zero-order chi connectivity index (χ0) is 30.3. The Kier molecular flexibility index (Phi) is 12.3. The predicted octanol–water partition coefficient (Wildman–Crippen LogP) is 3.89. The van der Waals surface area contributed by atoms with E-state index in [1.807, 2.05) is 49.4 Å². The predicted molar refractivity (Wildman–Crippen MR) is 158 cm³/mol. The third-order valence-corrected chi connectivity index (χ3v) is 6.24. The molecule has 2 unspecified atom stereocenters. The lowest BCUT2D eigenvalue weighted by Crippen LogP contribution is -2.32. The second-order valence-corrected chi connectivity index (χ2v) is 9.54. The van der Waals surface area contributed by atoms with E-state index in [9.17, 15) is 19.5 Å². The minimum absolute atomic E-state index is 0.1000. The number of anilines is 1. The van der Waals surface area contributed by atoms with Gasteiger partial charge in [0.15, 0.2) is 0 Å². The standard InChI is InChI=1S/C30H37N7O5/c1-3-8-21(2)17-25(34-30(41)42-20-23-9-5-4-6-10-23)26-18-37(36-35-26)27(11-7-16-32-29(31)40)28(39)33-24-14-12-22(19-38)13-15-24/h3-6,8-10,12-15,18,25,27,38H,2,7,11,16-17,19-20H2,1H3,(H,33,39)(H,34,41)(H3,31,32,40). The SMILES string of the molecule is C=C(C=CC)CC(NC(=O)OCc1ccccc1)c1cn(C(CCCNC(N)=O)C(=O)Nc2ccc(CO)cc2)nn1. The lowest BCUT2D eigenvalue weighted by Gasteiger charge is -2.18. The molecule has 0 spiro atoms. The Morgan fingerprint density at radius 3 is 2.52 bits per heavy atom. The number of carbonyl (C=O) groups is 3. The summed E-state index contributed by atoms with van der Waals surface area (Å²) in [6.07, 6.45) is 5.73. The van der Waals surface area contributed by atoms with Crippen molar-refractivity contribution < 1.29 is 24.2 Å². The van der Waals surface area contributed by atoms with E-state index >= 15 is 0 Å². The number of ether oxygens (including phenoxy) is 1. The minimum Gasteiger partial charge on any atom is -0.445 e. The monoisotopic (exact) mass is 575 g/mol. The van der Waals surface area contributed by atoms with Crippen LogP contribution >= 0.6 is 0 Å². The molecule has 0 aliphatic rings. The molecule has 0 radical (unpaired) electrons. The number of hydrogen-bond donors (Lipinski definition) is 5. The number of aromatic nitrogens is 3. The Bertz CT molecular complexity index is 1360. The second kappa shape index (κ2) is 16.3. The molecule has 0 aliphatic carbocycles. The van der Waals surface area contributed by atoms with Gasteiger partial charge in [-0.1, -0.05) is 72.0 Å². The molecule has 2 atom stereocenters. The molecule has 0 saturated heterocycles. The van der Waals surface area contributed by atoms with Crippen LogP contribution in [0.15, 0.2) is 85.1 Å². The highest BCUT2D eigenvalue weighted by molar-refractivity contribution is 5.93. The van der Waals surface area contributed by atoms with Crippen LogP contribution in [0.3, 0.4) is 0 Å². The topological polar surface area (TPSA) is 173 Å². The van der Waals surface area contributed by atoms with E-state index in [1.165, 1.54) is 4.68 Å². The minimum atomic E-state index is -0.789. The van der Waals surface area contributed by atoms with E-state index in [2.05, 4.69) is 32.8 Å². The van der Waals surface area contributed by atoms with Crippen LogP contribution in [0.5, 0.6) is 0 Å². The van der Waals surface area contributed by atoms with Crippen LogP contribution in [-0.4, -0.2) is 44.7 Å². The van der Waals surface area contributed by atoms with Crippen LogP contribution < -0.4 is 21.7 Å². The van der Waals surface area contributed by atoms with E-state index in [0.717, 1.165) is 11.1 Å². The Morgan fingerprint density at radius 2 is 1.86 bits per heavy atom. The zero-order valence-corrected chi connectivity index (χ0v) is 23.5.